The number of rotatable bonds is 8. The fourth-order valence-corrected chi connectivity index (χ4v) is 4.50. The molecule has 5 aromatic rings. The van der Waals surface area contributed by atoms with Gasteiger partial charge in [-0.05, 0) is 59.2 Å². The van der Waals surface area contributed by atoms with Crippen LogP contribution in [0.15, 0.2) is 109 Å². The summed E-state index contributed by atoms with van der Waals surface area (Å²) in [6.45, 7) is 0.585. The molecule has 0 aliphatic heterocycles. The zero-order valence-electron chi connectivity index (χ0n) is 19.1. The number of primary amides is 1. The molecule has 5 rings (SSSR count). The van der Waals surface area contributed by atoms with E-state index in [1.54, 1.807) is 12.1 Å². The molecule has 0 bridgehead atoms. The average molecular weight is 465 g/mol. The molecule has 0 fully saturated rings. The van der Waals surface area contributed by atoms with Crippen molar-refractivity contribution in [1.82, 2.24) is 4.57 Å². The number of fused-ring (bicyclic) bond motifs is 1. The SMILES string of the molecule is NC(=O)CC(c1cccc(Oc2ccccc2)c1)c1cn(Cc2ccc(F)cc2)c2ccccc12. The van der Waals surface area contributed by atoms with Crippen LogP contribution in [-0.2, 0) is 11.3 Å². The Morgan fingerprint density at radius 1 is 0.857 bits per heavy atom. The summed E-state index contributed by atoms with van der Waals surface area (Å²) in [6, 6.07) is 32.0. The second kappa shape index (κ2) is 9.85. The molecule has 2 N–H and O–H groups in total. The lowest BCUT2D eigenvalue weighted by Gasteiger charge is -2.17. The summed E-state index contributed by atoms with van der Waals surface area (Å²) < 4.78 is 21.6. The molecule has 174 valence electrons. The number of nitrogens with two attached hydrogens (primary N) is 1. The Bertz CT molecular complexity index is 1460. The Labute approximate surface area is 203 Å². The molecule has 35 heavy (non-hydrogen) atoms. The van der Waals surface area contributed by atoms with Crippen LogP contribution in [0.3, 0.4) is 0 Å². The minimum absolute atomic E-state index is 0.166. The highest BCUT2D eigenvalue weighted by Gasteiger charge is 2.22. The van der Waals surface area contributed by atoms with E-state index in [1.807, 2.05) is 66.7 Å². The molecule has 1 unspecified atom stereocenters. The normalized spacial score (nSPS) is 11.9. The van der Waals surface area contributed by atoms with Crippen LogP contribution in [0.1, 0.15) is 29.0 Å². The van der Waals surface area contributed by atoms with Crippen molar-refractivity contribution in [2.75, 3.05) is 0 Å². The summed E-state index contributed by atoms with van der Waals surface area (Å²) in [6.07, 6.45) is 2.24. The molecule has 1 heterocycles. The third kappa shape index (κ3) is 5.09. The number of ether oxygens (including phenoxy) is 1. The second-order valence-electron chi connectivity index (χ2n) is 8.57. The number of carbonyl (C=O) groups is 1. The van der Waals surface area contributed by atoms with Crippen molar-refractivity contribution in [3.63, 3.8) is 0 Å². The Hall–Kier alpha value is -4.38. The number of nitrogens with zero attached hydrogens (tertiary/aromatic N) is 1. The van der Waals surface area contributed by atoms with E-state index in [9.17, 15) is 9.18 Å². The van der Waals surface area contributed by atoms with Crippen molar-refractivity contribution in [2.24, 2.45) is 5.73 Å². The van der Waals surface area contributed by atoms with Crippen molar-refractivity contribution >= 4 is 16.8 Å². The summed E-state index contributed by atoms with van der Waals surface area (Å²) in [5.41, 5.74) is 9.69. The first kappa shape index (κ1) is 22.4. The minimum atomic E-state index is -0.375. The summed E-state index contributed by atoms with van der Waals surface area (Å²) in [5.74, 6) is 0.557. The average Bonchev–Trinajstić information content (AvgIpc) is 3.23. The van der Waals surface area contributed by atoms with Crippen LogP contribution in [0.4, 0.5) is 4.39 Å². The van der Waals surface area contributed by atoms with Gasteiger partial charge in [0.1, 0.15) is 17.3 Å². The zero-order valence-corrected chi connectivity index (χ0v) is 19.1. The van der Waals surface area contributed by atoms with Crippen LogP contribution in [0.5, 0.6) is 11.5 Å². The molecule has 1 atom stereocenters. The number of amides is 1. The Kier molecular flexibility index (Phi) is 6.31. The van der Waals surface area contributed by atoms with E-state index < -0.39 is 0 Å². The Morgan fingerprint density at radius 2 is 1.57 bits per heavy atom. The molecule has 5 heteroatoms. The minimum Gasteiger partial charge on any atom is -0.457 e. The van der Waals surface area contributed by atoms with Crippen LogP contribution in [0, 0.1) is 5.82 Å². The first-order valence-corrected chi connectivity index (χ1v) is 11.5. The Morgan fingerprint density at radius 3 is 2.34 bits per heavy atom. The molecule has 0 aliphatic carbocycles. The van der Waals surface area contributed by atoms with Crippen molar-refractivity contribution in [3.05, 3.63) is 132 Å². The standard InChI is InChI=1S/C30H25FN2O2/c31-23-15-13-21(14-16-23)19-33-20-28(26-11-4-5-12-29(26)33)27(18-30(32)34)22-7-6-10-25(17-22)35-24-8-2-1-3-9-24/h1-17,20,27H,18-19H2,(H2,32,34). The summed E-state index contributed by atoms with van der Waals surface area (Å²) in [4.78, 5) is 12.1. The van der Waals surface area contributed by atoms with E-state index in [1.165, 1.54) is 12.1 Å². The van der Waals surface area contributed by atoms with Gasteiger partial charge >= 0.3 is 0 Å². The van der Waals surface area contributed by atoms with Crippen molar-refractivity contribution in [3.8, 4) is 11.5 Å². The highest BCUT2D eigenvalue weighted by atomic mass is 19.1. The van der Waals surface area contributed by atoms with E-state index in [2.05, 4.69) is 22.9 Å². The molecule has 4 nitrogen and oxygen atoms in total. The summed E-state index contributed by atoms with van der Waals surface area (Å²) in [5, 5.41) is 1.05. The molecule has 4 aromatic carbocycles. The van der Waals surface area contributed by atoms with Crippen LogP contribution >= 0.6 is 0 Å². The molecule has 0 radical (unpaired) electrons. The molecule has 1 aromatic heterocycles. The van der Waals surface area contributed by atoms with Gasteiger partial charge in [0.15, 0.2) is 0 Å². The third-order valence-electron chi connectivity index (χ3n) is 6.11. The number of carbonyl (C=O) groups excluding carboxylic acids is 1. The molecule has 1 amide bonds. The van der Waals surface area contributed by atoms with Gasteiger partial charge in [0.05, 0.1) is 0 Å². The molecule has 0 spiro atoms. The number of benzene rings is 4. The maximum Gasteiger partial charge on any atom is 0.218 e. The lowest BCUT2D eigenvalue weighted by atomic mass is 9.88. The van der Waals surface area contributed by atoms with Crippen molar-refractivity contribution in [2.45, 2.75) is 18.9 Å². The van der Waals surface area contributed by atoms with E-state index >= 15 is 0 Å². The fourth-order valence-electron chi connectivity index (χ4n) is 4.50. The van der Waals surface area contributed by atoms with Gasteiger partial charge in [-0.1, -0.05) is 60.7 Å². The van der Waals surface area contributed by atoms with Gasteiger partial charge in [-0.2, -0.15) is 0 Å². The lowest BCUT2D eigenvalue weighted by Crippen LogP contribution is -2.16. The number of hydrogen-bond acceptors (Lipinski definition) is 2. The molecule has 0 saturated carbocycles. The van der Waals surface area contributed by atoms with Gasteiger partial charge in [0.2, 0.25) is 5.91 Å². The fraction of sp³-hybridized carbons (Fsp3) is 0.100. The van der Waals surface area contributed by atoms with Crippen molar-refractivity contribution in [1.29, 1.82) is 0 Å². The monoisotopic (exact) mass is 464 g/mol. The topological polar surface area (TPSA) is 57.3 Å². The maximum absolute atomic E-state index is 13.4. The highest BCUT2D eigenvalue weighted by molar-refractivity contribution is 5.86. The van der Waals surface area contributed by atoms with Crippen LogP contribution < -0.4 is 10.5 Å². The second-order valence-corrected chi connectivity index (χ2v) is 8.57. The first-order chi connectivity index (χ1) is 17.1. The van der Waals surface area contributed by atoms with E-state index in [0.717, 1.165) is 33.3 Å². The van der Waals surface area contributed by atoms with Crippen LogP contribution in [0.25, 0.3) is 10.9 Å². The smallest absolute Gasteiger partial charge is 0.218 e. The zero-order chi connectivity index (χ0) is 24.2. The first-order valence-electron chi connectivity index (χ1n) is 11.5. The predicted molar refractivity (Wildman–Crippen MR) is 136 cm³/mol. The number of hydrogen-bond donors (Lipinski definition) is 1. The quantitative estimate of drug-likeness (QED) is 0.280. The molecular formula is C30H25FN2O2. The third-order valence-corrected chi connectivity index (χ3v) is 6.11. The van der Waals surface area contributed by atoms with E-state index in [-0.39, 0.29) is 24.1 Å². The van der Waals surface area contributed by atoms with Gasteiger partial charge in [-0.15, -0.1) is 0 Å². The van der Waals surface area contributed by atoms with Gasteiger partial charge < -0.3 is 15.0 Å². The number of para-hydroxylation sites is 2. The largest absolute Gasteiger partial charge is 0.457 e. The van der Waals surface area contributed by atoms with Gasteiger partial charge in [-0.25, -0.2) is 4.39 Å². The van der Waals surface area contributed by atoms with Crippen LogP contribution in [-0.4, -0.2) is 10.5 Å². The maximum atomic E-state index is 13.4. The number of aromatic nitrogens is 1. The molecular weight excluding hydrogens is 439 g/mol. The van der Waals surface area contributed by atoms with E-state index in [0.29, 0.717) is 12.3 Å². The van der Waals surface area contributed by atoms with Gasteiger partial charge in [0, 0.05) is 36.0 Å². The predicted octanol–water partition coefficient (Wildman–Crippen LogP) is 6.63. The van der Waals surface area contributed by atoms with Crippen LogP contribution in [0.2, 0.25) is 0 Å². The summed E-state index contributed by atoms with van der Waals surface area (Å²) >= 11 is 0. The van der Waals surface area contributed by atoms with Crippen molar-refractivity contribution < 1.29 is 13.9 Å². The lowest BCUT2D eigenvalue weighted by molar-refractivity contribution is -0.118. The number of halogens is 1. The van der Waals surface area contributed by atoms with E-state index in [4.69, 9.17) is 10.5 Å². The molecule has 0 saturated heterocycles. The summed E-state index contributed by atoms with van der Waals surface area (Å²) in [7, 11) is 0. The highest BCUT2D eigenvalue weighted by Crippen LogP contribution is 2.36. The Balaban J connectivity index is 1.55. The molecule has 0 aliphatic rings. The van der Waals surface area contributed by atoms with Gasteiger partial charge in [0.25, 0.3) is 0 Å². The van der Waals surface area contributed by atoms with Gasteiger partial charge in [-0.3, -0.25) is 4.79 Å².